The van der Waals surface area contributed by atoms with Crippen molar-refractivity contribution in [1.29, 1.82) is 0 Å². The summed E-state index contributed by atoms with van der Waals surface area (Å²) >= 11 is 0. The minimum Gasteiger partial charge on any atom is -0.454 e. The summed E-state index contributed by atoms with van der Waals surface area (Å²) in [4.78, 5) is 9.57. The molecule has 0 saturated carbocycles. The van der Waals surface area contributed by atoms with E-state index in [2.05, 4.69) is 55.2 Å². The molecule has 2 aromatic carbocycles. The second kappa shape index (κ2) is 10.5. The first kappa shape index (κ1) is 23.4. The number of aromatic nitrogens is 2. The molecule has 3 heterocycles. The molecule has 0 N–H and O–H groups in total. The molecule has 5 heteroatoms. The maximum atomic E-state index is 6.22. The zero-order valence-corrected chi connectivity index (χ0v) is 20.9. The molecule has 1 radical (unpaired) electrons. The molecule has 0 saturated heterocycles. The van der Waals surface area contributed by atoms with Gasteiger partial charge in [-0.1, -0.05) is 80.2 Å². The van der Waals surface area contributed by atoms with Crippen molar-refractivity contribution in [3.63, 3.8) is 0 Å². The largest absolute Gasteiger partial charge is 0.454 e. The summed E-state index contributed by atoms with van der Waals surface area (Å²) in [6, 6.07) is 28.8. The molecule has 3 nitrogen and oxygen atoms in total. The minimum absolute atomic E-state index is 0. The van der Waals surface area contributed by atoms with Crippen LogP contribution in [0.5, 0.6) is 0 Å². The van der Waals surface area contributed by atoms with Gasteiger partial charge >= 0.3 is 0 Å². The molecule has 5 rings (SSSR count). The Hall–Kier alpha value is -2.75. The van der Waals surface area contributed by atoms with Crippen LogP contribution >= 0.6 is 0 Å². The Morgan fingerprint density at radius 2 is 1.55 bits per heavy atom. The van der Waals surface area contributed by atoms with Crippen LogP contribution in [0.2, 0.25) is 12.1 Å². The van der Waals surface area contributed by atoms with E-state index in [1.165, 1.54) is 35.5 Å². The summed E-state index contributed by atoms with van der Waals surface area (Å²) in [6.45, 7) is 4.57. The van der Waals surface area contributed by atoms with Crippen molar-refractivity contribution < 1.29 is 20.9 Å². The quantitative estimate of drug-likeness (QED) is 0.181. The standard InChI is InChI=1S/C28H26N2OSi.Ni/c1-3-17-32(18-4-2)26-13-8-12-24-27(26)28-25(31-24)15-14-23(30-28)21-10-7-9-20(19-21)22-11-5-6-16-29-22;/h5-16H,3-4,17-18H2,1-2H3;/q-1;. The van der Waals surface area contributed by atoms with Gasteiger partial charge in [-0.2, -0.15) is 0 Å². The van der Waals surface area contributed by atoms with Gasteiger partial charge in [0.15, 0.2) is 5.58 Å². The monoisotopic (exact) mass is 492 g/mol. The normalized spacial score (nSPS) is 11.2. The zero-order valence-electron chi connectivity index (χ0n) is 18.9. The fourth-order valence-corrected chi connectivity index (χ4v) is 7.34. The summed E-state index contributed by atoms with van der Waals surface area (Å²) in [5.41, 5.74) is 6.54. The summed E-state index contributed by atoms with van der Waals surface area (Å²) < 4.78 is 6.22. The van der Waals surface area contributed by atoms with Gasteiger partial charge in [0.25, 0.3) is 0 Å². The Kier molecular flexibility index (Phi) is 7.42. The molecule has 0 spiro atoms. The van der Waals surface area contributed by atoms with Crippen molar-refractivity contribution in [2.45, 2.75) is 38.8 Å². The fraction of sp³-hybridized carbons (Fsp3) is 0.214. The van der Waals surface area contributed by atoms with E-state index < -0.39 is 8.80 Å². The van der Waals surface area contributed by atoms with Crippen molar-refractivity contribution in [2.75, 3.05) is 0 Å². The van der Waals surface area contributed by atoms with Crippen LogP contribution in [0.3, 0.4) is 0 Å². The Morgan fingerprint density at radius 3 is 2.27 bits per heavy atom. The average Bonchev–Trinajstić information content (AvgIpc) is 3.23. The topological polar surface area (TPSA) is 38.9 Å². The molecule has 0 fully saturated rings. The summed E-state index contributed by atoms with van der Waals surface area (Å²) in [5, 5.41) is 2.67. The number of benzene rings is 2. The van der Waals surface area contributed by atoms with Gasteiger partial charge < -0.3 is 4.42 Å². The van der Waals surface area contributed by atoms with E-state index in [-0.39, 0.29) is 16.5 Å². The van der Waals surface area contributed by atoms with Crippen molar-refractivity contribution in [3.8, 4) is 22.5 Å². The fourth-order valence-electron chi connectivity index (χ4n) is 4.42. The molecule has 0 atom stereocenters. The van der Waals surface area contributed by atoms with E-state index >= 15 is 0 Å². The van der Waals surface area contributed by atoms with E-state index in [9.17, 15) is 0 Å². The van der Waals surface area contributed by atoms with E-state index in [0.717, 1.165) is 39.2 Å². The van der Waals surface area contributed by atoms with Crippen LogP contribution in [-0.2, 0) is 16.5 Å². The molecule has 0 aliphatic carbocycles. The molecule has 5 aromatic rings. The van der Waals surface area contributed by atoms with Gasteiger partial charge in [0, 0.05) is 39.5 Å². The summed E-state index contributed by atoms with van der Waals surface area (Å²) in [5.74, 6) is 0. The Bertz CT molecular complexity index is 1360. The Labute approximate surface area is 206 Å². The molecule has 0 aliphatic heterocycles. The number of hydrogen-bond acceptors (Lipinski definition) is 3. The van der Waals surface area contributed by atoms with Crippen LogP contribution < -0.4 is 5.19 Å². The van der Waals surface area contributed by atoms with Gasteiger partial charge in [0.2, 0.25) is 0 Å². The molecular weight excluding hydrogens is 467 g/mol. The van der Waals surface area contributed by atoms with Crippen molar-refractivity contribution >= 4 is 36.1 Å². The van der Waals surface area contributed by atoms with Gasteiger partial charge in [0.05, 0.1) is 8.80 Å². The van der Waals surface area contributed by atoms with Crippen molar-refractivity contribution in [2.24, 2.45) is 0 Å². The van der Waals surface area contributed by atoms with Gasteiger partial charge in [-0.05, 0) is 23.4 Å². The molecule has 0 aliphatic rings. The van der Waals surface area contributed by atoms with Crippen molar-refractivity contribution in [1.82, 2.24) is 9.97 Å². The number of rotatable bonds is 7. The first-order valence-electron chi connectivity index (χ1n) is 11.4. The van der Waals surface area contributed by atoms with Crippen LogP contribution in [0.15, 0.2) is 77.3 Å². The van der Waals surface area contributed by atoms with Crippen LogP contribution in [-0.4, -0.2) is 18.8 Å². The van der Waals surface area contributed by atoms with Crippen LogP contribution in [0.4, 0.5) is 0 Å². The van der Waals surface area contributed by atoms with Gasteiger partial charge in [-0.15, -0.1) is 24.3 Å². The van der Waals surface area contributed by atoms with E-state index in [1.807, 2.05) is 42.6 Å². The summed E-state index contributed by atoms with van der Waals surface area (Å²) in [6.07, 6.45) is 4.24. The van der Waals surface area contributed by atoms with Crippen LogP contribution in [0.25, 0.3) is 44.6 Å². The van der Waals surface area contributed by atoms with E-state index in [4.69, 9.17) is 9.40 Å². The number of furan rings is 1. The molecule has 0 unspecified atom stereocenters. The third-order valence-electron chi connectivity index (χ3n) is 5.84. The molecule has 0 amide bonds. The number of hydrogen-bond donors (Lipinski definition) is 0. The molecule has 0 bridgehead atoms. The SMILES string of the molecule is CCC[Si](CCC)c1cccc2oc3ccc(-c4[c-]c(-c5ccccn5)ccc4)nc3c12.[Ni]. The molecular formula is C28H26N2NiOSi-. The number of nitrogens with zero attached hydrogens (tertiary/aromatic N) is 2. The van der Waals surface area contributed by atoms with E-state index in [1.54, 1.807) is 0 Å². The first-order valence-corrected chi connectivity index (χ1v) is 13.3. The Morgan fingerprint density at radius 1 is 0.788 bits per heavy atom. The molecule has 169 valence electrons. The summed E-state index contributed by atoms with van der Waals surface area (Å²) in [7, 11) is -0.645. The van der Waals surface area contributed by atoms with Gasteiger partial charge in [-0.25, -0.2) is 0 Å². The minimum atomic E-state index is -0.645. The third kappa shape index (κ3) is 4.66. The average molecular weight is 493 g/mol. The molecule has 33 heavy (non-hydrogen) atoms. The smallest absolute Gasteiger partial charge is 0.152 e. The maximum Gasteiger partial charge on any atom is 0.152 e. The van der Waals surface area contributed by atoms with Crippen LogP contribution in [0.1, 0.15) is 26.7 Å². The first-order chi connectivity index (χ1) is 15.8. The second-order valence-electron chi connectivity index (χ2n) is 8.12. The van der Waals surface area contributed by atoms with Crippen molar-refractivity contribution in [3.05, 3.63) is 79.0 Å². The Balaban J connectivity index is 0.00000259. The van der Waals surface area contributed by atoms with E-state index in [0.29, 0.717) is 0 Å². The number of fused-ring (bicyclic) bond motifs is 3. The van der Waals surface area contributed by atoms with Gasteiger partial charge in [0.1, 0.15) is 11.1 Å². The zero-order chi connectivity index (χ0) is 21.9. The van der Waals surface area contributed by atoms with Gasteiger partial charge in [-0.3, -0.25) is 9.97 Å². The number of pyridine rings is 2. The van der Waals surface area contributed by atoms with Crippen LogP contribution in [0, 0.1) is 6.07 Å². The predicted molar refractivity (Wildman–Crippen MR) is 135 cm³/mol. The molecule has 3 aromatic heterocycles. The maximum absolute atomic E-state index is 6.22. The predicted octanol–water partition coefficient (Wildman–Crippen LogP) is 7.03. The second-order valence-corrected chi connectivity index (χ2v) is 10.9. The third-order valence-corrected chi connectivity index (χ3v) is 9.22.